The second-order valence-electron chi connectivity index (χ2n) is 7.26. The van der Waals surface area contributed by atoms with Crippen molar-refractivity contribution in [2.24, 2.45) is 5.92 Å². The van der Waals surface area contributed by atoms with E-state index in [4.69, 9.17) is 0 Å². The molecule has 0 saturated carbocycles. The van der Waals surface area contributed by atoms with Crippen molar-refractivity contribution in [2.45, 2.75) is 38.3 Å². The van der Waals surface area contributed by atoms with E-state index in [-0.39, 0.29) is 11.8 Å². The molecule has 6 nitrogen and oxygen atoms in total. The van der Waals surface area contributed by atoms with Crippen LogP contribution in [0.15, 0.2) is 18.6 Å². The molecule has 6 heteroatoms. The largest absolute Gasteiger partial charge is 0.340 e. The monoisotopic (exact) mass is 331 g/mol. The first-order valence-corrected chi connectivity index (χ1v) is 9.06. The van der Waals surface area contributed by atoms with Crippen molar-refractivity contribution in [3.05, 3.63) is 24.3 Å². The van der Waals surface area contributed by atoms with Gasteiger partial charge in [-0.25, -0.2) is 0 Å². The second kappa shape index (κ2) is 8.03. The molecule has 24 heavy (non-hydrogen) atoms. The number of carbonyl (C=O) groups is 1. The van der Waals surface area contributed by atoms with Gasteiger partial charge < -0.3 is 9.80 Å². The van der Waals surface area contributed by atoms with Gasteiger partial charge in [0.25, 0.3) is 0 Å². The number of piperidine rings is 2. The quantitative estimate of drug-likeness (QED) is 0.831. The molecule has 2 aliphatic rings. The van der Waals surface area contributed by atoms with E-state index in [9.17, 15) is 4.79 Å². The van der Waals surface area contributed by atoms with Crippen molar-refractivity contribution >= 4 is 5.91 Å². The van der Waals surface area contributed by atoms with Gasteiger partial charge in [0.2, 0.25) is 5.91 Å². The van der Waals surface area contributed by atoms with Crippen LogP contribution < -0.4 is 0 Å². The summed E-state index contributed by atoms with van der Waals surface area (Å²) < 4.78 is 0. The summed E-state index contributed by atoms with van der Waals surface area (Å²) >= 11 is 0. The third-order valence-corrected chi connectivity index (χ3v) is 5.40. The standard InChI is InChI=1S/C18H29N5O/c1-21-10-5-17(6-11-21)23-9-3-4-15(13-23)18(24)22(2)14-16-12-19-7-8-20-16/h7-8,12,15,17H,3-6,9-11,13-14H2,1-2H3/t15-/m1/s1. The van der Waals surface area contributed by atoms with Crippen LogP contribution >= 0.6 is 0 Å². The second-order valence-corrected chi connectivity index (χ2v) is 7.26. The number of amides is 1. The molecule has 0 radical (unpaired) electrons. The van der Waals surface area contributed by atoms with Crippen LogP contribution in [0.1, 0.15) is 31.4 Å². The molecule has 1 aromatic heterocycles. The maximum absolute atomic E-state index is 12.8. The van der Waals surface area contributed by atoms with Gasteiger partial charge in [0.15, 0.2) is 0 Å². The maximum Gasteiger partial charge on any atom is 0.227 e. The van der Waals surface area contributed by atoms with E-state index in [0.717, 1.165) is 31.6 Å². The van der Waals surface area contributed by atoms with Crippen LogP contribution in [-0.2, 0) is 11.3 Å². The molecule has 0 aliphatic carbocycles. The van der Waals surface area contributed by atoms with Gasteiger partial charge in [0, 0.05) is 32.0 Å². The number of carbonyl (C=O) groups excluding carboxylic acids is 1. The van der Waals surface area contributed by atoms with Crippen LogP contribution in [0, 0.1) is 5.92 Å². The minimum absolute atomic E-state index is 0.125. The van der Waals surface area contributed by atoms with Crippen molar-refractivity contribution in [1.29, 1.82) is 0 Å². The lowest BCUT2D eigenvalue weighted by Gasteiger charge is -2.41. The molecule has 0 unspecified atom stereocenters. The molecule has 0 aromatic carbocycles. The molecule has 3 rings (SSSR count). The van der Waals surface area contributed by atoms with Gasteiger partial charge in [0.05, 0.1) is 24.4 Å². The van der Waals surface area contributed by atoms with Crippen LogP contribution in [0.3, 0.4) is 0 Å². The highest BCUT2D eigenvalue weighted by molar-refractivity contribution is 5.78. The molecule has 132 valence electrons. The van der Waals surface area contributed by atoms with E-state index >= 15 is 0 Å². The molecule has 1 atom stereocenters. The lowest BCUT2D eigenvalue weighted by atomic mass is 9.93. The van der Waals surface area contributed by atoms with Crippen LogP contribution in [0.25, 0.3) is 0 Å². The Morgan fingerprint density at radius 1 is 1.25 bits per heavy atom. The normalized spacial score (nSPS) is 24.0. The van der Waals surface area contributed by atoms with Crippen LogP contribution in [0.4, 0.5) is 0 Å². The van der Waals surface area contributed by atoms with Crippen molar-refractivity contribution in [2.75, 3.05) is 40.3 Å². The van der Waals surface area contributed by atoms with Crippen LogP contribution in [0.5, 0.6) is 0 Å². The van der Waals surface area contributed by atoms with E-state index in [1.165, 1.54) is 25.9 Å². The fourth-order valence-electron chi connectivity index (χ4n) is 3.94. The minimum Gasteiger partial charge on any atom is -0.340 e. The van der Waals surface area contributed by atoms with Gasteiger partial charge >= 0.3 is 0 Å². The zero-order valence-corrected chi connectivity index (χ0v) is 14.9. The molecule has 2 aliphatic heterocycles. The zero-order chi connectivity index (χ0) is 16.9. The Hall–Kier alpha value is -1.53. The predicted molar refractivity (Wildman–Crippen MR) is 93.3 cm³/mol. The Kier molecular flexibility index (Phi) is 5.79. The molecule has 1 amide bonds. The average Bonchev–Trinajstić information content (AvgIpc) is 2.62. The van der Waals surface area contributed by atoms with E-state index < -0.39 is 0 Å². The number of nitrogens with zero attached hydrogens (tertiary/aromatic N) is 5. The Labute approximate surface area is 144 Å². The highest BCUT2D eigenvalue weighted by Gasteiger charge is 2.32. The summed E-state index contributed by atoms with van der Waals surface area (Å²) in [6.45, 7) is 4.94. The predicted octanol–water partition coefficient (Wildman–Crippen LogP) is 1.24. The van der Waals surface area contributed by atoms with E-state index in [2.05, 4.69) is 26.8 Å². The van der Waals surface area contributed by atoms with Crippen molar-refractivity contribution in [1.82, 2.24) is 24.7 Å². The highest BCUT2D eigenvalue weighted by Crippen LogP contribution is 2.24. The molecule has 2 saturated heterocycles. The van der Waals surface area contributed by atoms with E-state index in [1.54, 1.807) is 18.6 Å². The number of aromatic nitrogens is 2. The molecular weight excluding hydrogens is 302 g/mol. The van der Waals surface area contributed by atoms with Gasteiger partial charge in [-0.05, 0) is 52.4 Å². The molecule has 0 spiro atoms. The Morgan fingerprint density at radius 3 is 2.75 bits per heavy atom. The van der Waals surface area contributed by atoms with Crippen LogP contribution in [0.2, 0.25) is 0 Å². The van der Waals surface area contributed by atoms with Crippen molar-refractivity contribution in [3.8, 4) is 0 Å². The van der Waals surface area contributed by atoms with Gasteiger partial charge in [-0.1, -0.05) is 0 Å². The van der Waals surface area contributed by atoms with Gasteiger partial charge in [-0.2, -0.15) is 0 Å². The lowest BCUT2D eigenvalue weighted by Crippen LogP contribution is -2.50. The Morgan fingerprint density at radius 2 is 2.04 bits per heavy atom. The summed E-state index contributed by atoms with van der Waals surface area (Å²) in [5.74, 6) is 0.373. The molecule has 3 heterocycles. The number of hydrogen-bond acceptors (Lipinski definition) is 5. The first-order chi connectivity index (χ1) is 11.6. The summed E-state index contributed by atoms with van der Waals surface area (Å²) in [5, 5.41) is 0. The molecule has 2 fully saturated rings. The maximum atomic E-state index is 12.8. The van der Waals surface area contributed by atoms with Crippen molar-refractivity contribution < 1.29 is 4.79 Å². The third-order valence-electron chi connectivity index (χ3n) is 5.40. The molecule has 0 bridgehead atoms. The minimum atomic E-state index is 0.125. The number of hydrogen-bond donors (Lipinski definition) is 0. The molecule has 0 N–H and O–H groups in total. The van der Waals surface area contributed by atoms with Gasteiger partial charge in [-0.15, -0.1) is 0 Å². The SMILES string of the molecule is CN1CCC(N2CCC[C@@H](C(=O)N(C)Cc3cnccn3)C2)CC1. The summed E-state index contributed by atoms with van der Waals surface area (Å²) in [6.07, 6.45) is 9.66. The van der Waals surface area contributed by atoms with Crippen LogP contribution in [-0.4, -0.2) is 76.9 Å². The lowest BCUT2D eigenvalue weighted by molar-refractivity contribution is -0.137. The van der Waals surface area contributed by atoms with E-state index in [1.807, 2.05) is 11.9 Å². The fraction of sp³-hybridized carbons (Fsp3) is 0.722. The Bertz CT molecular complexity index is 529. The highest BCUT2D eigenvalue weighted by atomic mass is 16.2. The van der Waals surface area contributed by atoms with Gasteiger partial charge in [0.1, 0.15) is 0 Å². The number of rotatable bonds is 4. The zero-order valence-electron chi connectivity index (χ0n) is 14.9. The summed E-state index contributed by atoms with van der Waals surface area (Å²) in [7, 11) is 4.08. The summed E-state index contributed by atoms with van der Waals surface area (Å²) in [6, 6.07) is 0.655. The first-order valence-electron chi connectivity index (χ1n) is 9.06. The first kappa shape index (κ1) is 17.3. The van der Waals surface area contributed by atoms with Crippen molar-refractivity contribution in [3.63, 3.8) is 0 Å². The third kappa shape index (κ3) is 4.30. The topological polar surface area (TPSA) is 52.6 Å². The summed E-state index contributed by atoms with van der Waals surface area (Å²) in [5.41, 5.74) is 0.844. The summed E-state index contributed by atoms with van der Waals surface area (Å²) in [4.78, 5) is 27.9. The smallest absolute Gasteiger partial charge is 0.227 e. The van der Waals surface area contributed by atoms with Gasteiger partial charge in [-0.3, -0.25) is 19.7 Å². The average molecular weight is 331 g/mol. The Balaban J connectivity index is 1.54. The number of likely N-dealkylation sites (tertiary alicyclic amines) is 2. The molecule has 1 aromatic rings. The fourth-order valence-corrected chi connectivity index (χ4v) is 3.94. The molecular formula is C18H29N5O. The van der Waals surface area contributed by atoms with E-state index in [0.29, 0.717) is 12.6 Å².